The molecule has 0 saturated carbocycles. The van der Waals surface area contributed by atoms with Crippen molar-refractivity contribution in [2.75, 3.05) is 0 Å². The molecule has 0 aliphatic carbocycles. The molecule has 1 aromatic rings. The van der Waals surface area contributed by atoms with Gasteiger partial charge in [-0.05, 0) is 38.1 Å². The van der Waals surface area contributed by atoms with E-state index in [0.717, 1.165) is 0 Å². The smallest absolute Gasteiger partial charge is 0.318 e. The Morgan fingerprint density at radius 3 is 2.22 bits per heavy atom. The van der Waals surface area contributed by atoms with Gasteiger partial charge < -0.3 is 10.5 Å². The summed E-state index contributed by atoms with van der Waals surface area (Å²) in [6.07, 6.45) is -0.860. The van der Waals surface area contributed by atoms with E-state index in [-0.39, 0.29) is 5.78 Å². The van der Waals surface area contributed by atoms with E-state index < -0.39 is 18.0 Å². The SMILES string of the molecule is CC(=O)c1ccc(O[C@@H](C)C(=O)NC(N)=O)cc1. The first-order valence-electron chi connectivity index (χ1n) is 5.28. The summed E-state index contributed by atoms with van der Waals surface area (Å²) in [4.78, 5) is 32.9. The van der Waals surface area contributed by atoms with Crippen LogP contribution in [0.4, 0.5) is 4.79 Å². The van der Waals surface area contributed by atoms with Gasteiger partial charge >= 0.3 is 6.03 Å². The third kappa shape index (κ3) is 3.89. The molecule has 0 unspecified atom stereocenters. The minimum atomic E-state index is -0.928. The minimum absolute atomic E-state index is 0.0546. The van der Waals surface area contributed by atoms with Crippen molar-refractivity contribution < 1.29 is 19.1 Å². The van der Waals surface area contributed by atoms with Crippen LogP contribution >= 0.6 is 0 Å². The van der Waals surface area contributed by atoms with Crippen molar-refractivity contribution in [3.05, 3.63) is 29.8 Å². The Labute approximate surface area is 104 Å². The number of hydrogen-bond donors (Lipinski definition) is 2. The van der Waals surface area contributed by atoms with Crippen LogP contribution in [0.3, 0.4) is 0 Å². The lowest BCUT2D eigenvalue weighted by atomic mass is 10.1. The van der Waals surface area contributed by atoms with Crippen LogP contribution in [0.5, 0.6) is 5.75 Å². The molecule has 0 aliphatic heterocycles. The Balaban J connectivity index is 2.64. The number of urea groups is 1. The summed E-state index contributed by atoms with van der Waals surface area (Å²) in [5.74, 6) is -0.258. The highest BCUT2D eigenvalue weighted by molar-refractivity contribution is 5.96. The van der Waals surface area contributed by atoms with Gasteiger partial charge in [-0.25, -0.2) is 4.79 Å². The molecule has 0 aromatic heterocycles. The highest BCUT2D eigenvalue weighted by Gasteiger charge is 2.16. The lowest BCUT2D eigenvalue weighted by Gasteiger charge is -2.13. The van der Waals surface area contributed by atoms with E-state index >= 15 is 0 Å². The number of ketones is 1. The second-order valence-corrected chi connectivity index (χ2v) is 3.69. The van der Waals surface area contributed by atoms with Gasteiger partial charge in [0.2, 0.25) is 0 Å². The predicted octanol–water partition coefficient (Wildman–Crippen LogP) is 0.851. The number of Topliss-reactive ketones (excluding diaryl/α,β-unsaturated/α-hetero) is 1. The van der Waals surface area contributed by atoms with Crippen LogP contribution in [0.1, 0.15) is 24.2 Å². The summed E-state index contributed by atoms with van der Waals surface area (Å²) in [6.45, 7) is 2.94. The Morgan fingerprint density at radius 2 is 1.78 bits per heavy atom. The largest absolute Gasteiger partial charge is 0.481 e. The number of ether oxygens (including phenoxy) is 1. The van der Waals surface area contributed by atoms with Gasteiger partial charge in [0.25, 0.3) is 5.91 Å². The number of imide groups is 1. The van der Waals surface area contributed by atoms with Crippen molar-refractivity contribution in [2.24, 2.45) is 5.73 Å². The lowest BCUT2D eigenvalue weighted by Crippen LogP contribution is -2.42. The molecule has 0 spiro atoms. The molecular weight excluding hydrogens is 236 g/mol. The highest BCUT2D eigenvalue weighted by atomic mass is 16.5. The minimum Gasteiger partial charge on any atom is -0.481 e. The molecule has 3 amide bonds. The predicted molar refractivity (Wildman–Crippen MR) is 64.3 cm³/mol. The number of primary amides is 1. The Hall–Kier alpha value is -2.37. The van der Waals surface area contributed by atoms with E-state index in [1.54, 1.807) is 24.3 Å². The molecule has 1 aromatic carbocycles. The number of benzene rings is 1. The van der Waals surface area contributed by atoms with Crippen molar-refractivity contribution in [1.82, 2.24) is 5.32 Å². The van der Waals surface area contributed by atoms with E-state index in [0.29, 0.717) is 11.3 Å². The third-order valence-corrected chi connectivity index (χ3v) is 2.19. The highest BCUT2D eigenvalue weighted by Crippen LogP contribution is 2.14. The van der Waals surface area contributed by atoms with E-state index in [2.05, 4.69) is 0 Å². The number of carbonyl (C=O) groups is 3. The number of carbonyl (C=O) groups excluding carboxylic acids is 3. The third-order valence-electron chi connectivity index (χ3n) is 2.19. The maximum Gasteiger partial charge on any atom is 0.318 e. The Bertz CT molecular complexity index is 467. The zero-order chi connectivity index (χ0) is 13.7. The van der Waals surface area contributed by atoms with Crippen LogP contribution in [0.25, 0.3) is 0 Å². The maximum absolute atomic E-state index is 11.3. The van der Waals surface area contributed by atoms with Crippen LogP contribution in [-0.4, -0.2) is 23.8 Å². The summed E-state index contributed by atoms with van der Waals surface area (Å²) in [7, 11) is 0. The molecule has 3 N–H and O–H groups in total. The van der Waals surface area contributed by atoms with Crippen LogP contribution in [0.2, 0.25) is 0 Å². The average Bonchev–Trinajstić information content (AvgIpc) is 2.28. The zero-order valence-corrected chi connectivity index (χ0v) is 10.1. The van der Waals surface area contributed by atoms with Crippen molar-refractivity contribution in [2.45, 2.75) is 20.0 Å². The van der Waals surface area contributed by atoms with Gasteiger partial charge in [0.15, 0.2) is 11.9 Å². The van der Waals surface area contributed by atoms with Crippen molar-refractivity contribution in [3.8, 4) is 5.75 Å². The fraction of sp³-hybridized carbons (Fsp3) is 0.250. The van der Waals surface area contributed by atoms with E-state index in [1.165, 1.54) is 13.8 Å². The molecule has 0 fully saturated rings. The molecule has 6 heteroatoms. The van der Waals surface area contributed by atoms with Gasteiger partial charge in [0, 0.05) is 5.56 Å². The molecule has 0 radical (unpaired) electrons. The summed E-state index contributed by atoms with van der Waals surface area (Å²) in [5.41, 5.74) is 5.37. The van der Waals surface area contributed by atoms with Gasteiger partial charge in [-0.15, -0.1) is 0 Å². The first kappa shape index (κ1) is 13.7. The molecule has 96 valence electrons. The van der Waals surface area contributed by atoms with Gasteiger partial charge in [0.05, 0.1) is 0 Å². The first-order chi connectivity index (χ1) is 8.40. The van der Waals surface area contributed by atoms with Crippen LogP contribution in [-0.2, 0) is 4.79 Å². The maximum atomic E-state index is 11.3. The molecule has 6 nitrogen and oxygen atoms in total. The molecule has 18 heavy (non-hydrogen) atoms. The summed E-state index contributed by atoms with van der Waals surface area (Å²) >= 11 is 0. The van der Waals surface area contributed by atoms with Crippen LogP contribution in [0.15, 0.2) is 24.3 Å². The van der Waals surface area contributed by atoms with Gasteiger partial charge in [-0.1, -0.05) is 0 Å². The quantitative estimate of drug-likeness (QED) is 0.774. The molecule has 0 heterocycles. The number of nitrogens with two attached hydrogens (primary N) is 1. The molecular formula is C12H14N2O4. The second kappa shape index (κ2) is 5.81. The lowest BCUT2D eigenvalue weighted by molar-refractivity contribution is -0.126. The fourth-order valence-electron chi connectivity index (χ4n) is 1.25. The molecule has 0 aliphatic rings. The van der Waals surface area contributed by atoms with Crippen LogP contribution in [0, 0.1) is 0 Å². The van der Waals surface area contributed by atoms with E-state index in [4.69, 9.17) is 10.5 Å². The Kier molecular flexibility index (Phi) is 4.42. The Morgan fingerprint density at radius 1 is 1.22 bits per heavy atom. The molecule has 1 rings (SSSR count). The van der Waals surface area contributed by atoms with Crippen molar-refractivity contribution in [1.29, 1.82) is 0 Å². The molecule has 0 bridgehead atoms. The summed E-state index contributed by atoms with van der Waals surface area (Å²) < 4.78 is 5.28. The number of amides is 3. The van der Waals surface area contributed by atoms with Crippen molar-refractivity contribution >= 4 is 17.7 Å². The average molecular weight is 250 g/mol. The summed E-state index contributed by atoms with van der Waals surface area (Å²) in [6, 6.07) is 5.41. The number of nitrogens with one attached hydrogen (secondary N) is 1. The number of hydrogen-bond acceptors (Lipinski definition) is 4. The number of rotatable bonds is 4. The van der Waals surface area contributed by atoms with E-state index in [1.807, 2.05) is 5.32 Å². The van der Waals surface area contributed by atoms with Crippen LogP contribution < -0.4 is 15.8 Å². The van der Waals surface area contributed by atoms with E-state index in [9.17, 15) is 14.4 Å². The molecule has 0 saturated heterocycles. The fourth-order valence-corrected chi connectivity index (χ4v) is 1.25. The van der Waals surface area contributed by atoms with Gasteiger partial charge in [0.1, 0.15) is 5.75 Å². The standard InChI is InChI=1S/C12H14N2O4/c1-7(15)9-3-5-10(6-4-9)18-8(2)11(16)14-12(13)17/h3-6,8H,1-2H3,(H3,13,14,16,17)/t8-/m0/s1. The molecule has 1 atom stereocenters. The normalized spacial score (nSPS) is 11.4. The van der Waals surface area contributed by atoms with Crippen molar-refractivity contribution in [3.63, 3.8) is 0 Å². The first-order valence-corrected chi connectivity index (χ1v) is 5.28. The second-order valence-electron chi connectivity index (χ2n) is 3.69. The van der Waals surface area contributed by atoms with Gasteiger partial charge in [-0.3, -0.25) is 14.9 Å². The monoisotopic (exact) mass is 250 g/mol. The zero-order valence-electron chi connectivity index (χ0n) is 10.1. The summed E-state index contributed by atoms with van der Waals surface area (Å²) in [5, 5.41) is 1.91. The topological polar surface area (TPSA) is 98.5 Å². The van der Waals surface area contributed by atoms with Gasteiger partial charge in [-0.2, -0.15) is 0 Å².